The smallest absolute Gasteiger partial charge is 0.406 e. The minimum atomic E-state index is -4.86. The number of nitrogens with one attached hydrogen (secondary N) is 1. The molecule has 0 saturated carbocycles. The number of aryl methyl sites for hydroxylation is 2. The van der Waals surface area contributed by atoms with Gasteiger partial charge in [-0.25, -0.2) is 9.37 Å². The zero-order chi connectivity index (χ0) is 25.6. The lowest BCUT2D eigenvalue weighted by atomic mass is 9.86. The standard InChI is InChI=1S/C25H26F4N4O3/c26-18-12-31-23-22(17-4-1-14(34)2-6-20(17)32-23)21(18)13-7-9-33(10-8-13)24(35)16-5-3-15(11-19(16)30)36-25(27,28)29/h3,5,11-14,34H,1-2,4,6-10,30H2,(H,31,32)/t14-/m0/s1. The van der Waals surface area contributed by atoms with Crippen molar-refractivity contribution < 1.29 is 32.2 Å². The van der Waals surface area contributed by atoms with E-state index in [0.29, 0.717) is 62.8 Å². The van der Waals surface area contributed by atoms with E-state index < -0.39 is 18.0 Å². The molecule has 0 spiro atoms. The van der Waals surface area contributed by atoms with Gasteiger partial charge in [-0.3, -0.25) is 4.79 Å². The lowest BCUT2D eigenvalue weighted by Gasteiger charge is -2.33. The molecule has 4 N–H and O–H groups in total. The van der Waals surface area contributed by atoms with E-state index in [-0.39, 0.29) is 29.1 Å². The van der Waals surface area contributed by atoms with Crippen LogP contribution in [0.3, 0.4) is 0 Å². The largest absolute Gasteiger partial charge is 0.573 e. The van der Waals surface area contributed by atoms with Crippen molar-refractivity contribution in [1.29, 1.82) is 0 Å². The second kappa shape index (κ2) is 9.27. The number of nitrogens with two attached hydrogens (primary N) is 1. The monoisotopic (exact) mass is 506 g/mol. The molecule has 2 aliphatic rings. The first-order valence-electron chi connectivity index (χ1n) is 11.9. The van der Waals surface area contributed by atoms with Gasteiger partial charge in [-0.05, 0) is 62.1 Å². The molecule has 11 heteroatoms. The number of hydrogen-bond donors (Lipinski definition) is 3. The second-order valence-electron chi connectivity index (χ2n) is 9.42. The lowest BCUT2D eigenvalue weighted by Crippen LogP contribution is -2.38. The Morgan fingerprint density at radius 3 is 2.58 bits per heavy atom. The summed E-state index contributed by atoms with van der Waals surface area (Å²) in [6.07, 6.45) is -0.424. The van der Waals surface area contributed by atoms with Gasteiger partial charge in [0.25, 0.3) is 5.91 Å². The van der Waals surface area contributed by atoms with Gasteiger partial charge in [0.2, 0.25) is 0 Å². The second-order valence-corrected chi connectivity index (χ2v) is 9.42. The first-order valence-corrected chi connectivity index (χ1v) is 11.9. The van der Waals surface area contributed by atoms with Crippen LogP contribution in [0.15, 0.2) is 24.4 Å². The first kappa shape index (κ1) is 24.4. The Labute approximate surface area is 204 Å². The number of alkyl halides is 3. The molecule has 3 aromatic rings. The molecule has 1 saturated heterocycles. The molecule has 1 aliphatic carbocycles. The number of likely N-dealkylation sites (tertiary alicyclic amines) is 1. The van der Waals surface area contributed by atoms with Crippen LogP contribution in [0.25, 0.3) is 11.0 Å². The summed E-state index contributed by atoms with van der Waals surface area (Å²) in [6.45, 7) is 0.691. The van der Waals surface area contributed by atoms with E-state index >= 15 is 4.39 Å². The van der Waals surface area contributed by atoms with Gasteiger partial charge in [0, 0.05) is 41.5 Å². The Bertz CT molecular complexity index is 1300. The van der Waals surface area contributed by atoms with Crippen molar-refractivity contribution in [3.05, 3.63) is 52.6 Å². The number of aliphatic hydroxyl groups excluding tert-OH is 1. The molecule has 0 radical (unpaired) electrons. The van der Waals surface area contributed by atoms with Crippen molar-refractivity contribution in [2.24, 2.45) is 0 Å². The Morgan fingerprint density at radius 1 is 1.17 bits per heavy atom. The molecule has 36 heavy (non-hydrogen) atoms. The van der Waals surface area contributed by atoms with Crippen molar-refractivity contribution in [2.75, 3.05) is 18.8 Å². The van der Waals surface area contributed by atoms with E-state index in [1.54, 1.807) is 4.90 Å². The van der Waals surface area contributed by atoms with E-state index in [1.165, 1.54) is 12.3 Å². The maximum absolute atomic E-state index is 15.1. The number of carbonyl (C=O) groups excluding carboxylic acids is 1. The summed E-state index contributed by atoms with van der Waals surface area (Å²) in [6, 6.07) is 3.26. The number of fused-ring (bicyclic) bond motifs is 3. The number of nitrogen functional groups attached to an aromatic ring is 1. The summed E-state index contributed by atoms with van der Waals surface area (Å²) < 4.78 is 56.4. The molecule has 7 nitrogen and oxygen atoms in total. The molecule has 3 heterocycles. The van der Waals surface area contributed by atoms with E-state index in [0.717, 1.165) is 28.8 Å². The van der Waals surface area contributed by atoms with Crippen LogP contribution < -0.4 is 10.5 Å². The molecule has 0 unspecified atom stereocenters. The Balaban J connectivity index is 1.34. The fraction of sp³-hybridized carbons (Fsp3) is 0.440. The van der Waals surface area contributed by atoms with Gasteiger partial charge in [0.1, 0.15) is 17.2 Å². The minimum Gasteiger partial charge on any atom is -0.406 e. The average molecular weight is 507 g/mol. The number of ether oxygens (including phenoxy) is 1. The number of amides is 1. The number of rotatable bonds is 3. The fourth-order valence-corrected chi connectivity index (χ4v) is 5.40. The van der Waals surface area contributed by atoms with Crippen molar-refractivity contribution in [3.63, 3.8) is 0 Å². The highest BCUT2D eigenvalue weighted by Gasteiger charge is 2.33. The molecule has 0 bridgehead atoms. The molecule has 1 amide bonds. The van der Waals surface area contributed by atoms with E-state index in [2.05, 4.69) is 14.7 Å². The van der Waals surface area contributed by atoms with Gasteiger partial charge in [-0.1, -0.05) is 0 Å². The fourth-order valence-electron chi connectivity index (χ4n) is 5.40. The Hall–Kier alpha value is -3.34. The Morgan fingerprint density at radius 2 is 1.89 bits per heavy atom. The van der Waals surface area contributed by atoms with E-state index in [9.17, 15) is 23.1 Å². The third kappa shape index (κ3) is 4.71. The number of H-pyrrole nitrogens is 1. The first-order chi connectivity index (χ1) is 17.1. The van der Waals surface area contributed by atoms with E-state index in [4.69, 9.17) is 5.73 Å². The van der Waals surface area contributed by atoms with Crippen molar-refractivity contribution in [2.45, 2.75) is 56.9 Å². The highest BCUT2D eigenvalue weighted by atomic mass is 19.4. The maximum Gasteiger partial charge on any atom is 0.573 e. The molecular formula is C25H26F4N4O3. The van der Waals surface area contributed by atoms with Crippen LogP contribution in [0.5, 0.6) is 5.75 Å². The van der Waals surface area contributed by atoms with Crippen molar-refractivity contribution in [1.82, 2.24) is 14.9 Å². The molecule has 192 valence electrons. The number of aliphatic hydroxyl groups is 1. The highest BCUT2D eigenvalue weighted by Crippen LogP contribution is 2.39. The van der Waals surface area contributed by atoms with Gasteiger partial charge in [-0.15, -0.1) is 13.2 Å². The molecule has 1 atom stereocenters. The Kier molecular flexibility index (Phi) is 6.27. The third-order valence-electron chi connectivity index (χ3n) is 7.14. The summed E-state index contributed by atoms with van der Waals surface area (Å²) in [5.41, 5.74) is 9.06. The average Bonchev–Trinajstić information content (AvgIpc) is 3.07. The van der Waals surface area contributed by atoms with Crippen LogP contribution >= 0.6 is 0 Å². The normalized spacial score (nSPS) is 19.2. The highest BCUT2D eigenvalue weighted by molar-refractivity contribution is 5.99. The van der Waals surface area contributed by atoms with E-state index in [1.807, 2.05) is 0 Å². The number of hydrogen-bond acceptors (Lipinski definition) is 5. The molecular weight excluding hydrogens is 480 g/mol. The summed E-state index contributed by atoms with van der Waals surface area (Å²) in [5.74, 6) is -1.41. The number of benzene rings is 1. The van der Waals surface area contributed by atoms with Gasteiger partial charge in [-0.2, -0.15) is 0 Å². The zero-order valence-electron chi connectivity index (χ0n) is 19.4. The molecule has 1 aromatic carbocycles. The van der Waals surface area contributed by atoms with Crippen molar-refractivity contribution in [3.8, 4) is 5.75 Å². The predicted molar refractivity (Wildman–Crippen MR) is 124 cm³/mol. The quantitative estimate of drug-likeness (QED) is 0.277. The lowest BCUT2D eigenvalue weighted by molar-refractivity contribution is -0.274. The van der Waals surface area contributed by atoms with Crippen LogP contribution in [-0.4, -0.2) is 51.4 Å². The number of piperidine rings is 1. The predicted octanol–water partition coefficient (Wildman–Crippen LogP) is 4.44. The minimum absolute atomic E-state index is 0.0926. The molecule has 1 fully saturated rings. The van der Waals surface area contributed by atoms with Crippen LogP contribution in [0.4, 0.5) is 23.2 Å². The summed E-state index contributed by atoms with van der Waals surface area (Å²) in [7, 11) is 0. The number of carbonyl (C=O) groups is 1. The van der Waals surface area contributed by atoms with Gasteiger partial charge >= 0.3 is 6.36 Å². The summed E-state index contributed by atoms with van der Waals surface area (Å²) >= 11 is 0. The number of aromatic nitrogens is 2. The SMILES string of the molecule is Nc1cc(OC(F)(F)F)ccc1C(=O)N1CCC(c2c(F)cnc3[nH]c4c(c23)CC[C@H](O)CC4)CC1. The van der Waals surface area contributed by atoms with Gasteiger partial charge < -0.3 is 25.5 Å². The maximum atomic E-state index is 15.1. The number of halogens is 4. The van der Waals surface area contributed by atoms with Crippen LogP contribution in [0, 0.1) is 5.82 Å². The molecule has 2 aromatic heterocycles. The number of nitrogens with zero attached hydrogens (tertiary/aromatic N) is 2. The summed E-state index contributed by atoms with van der Waals surface area (Å²) in [5, 5.41) is 10.9. The molecule has 5 rings (SSSR count). The number of pyridine rings is 1. The van der Waals surface area contributed by atoms with Crippen LogP contribution in [-0.2, 0) is 12.8 Å². The number of anilines is 1. The van der Waals surface area contributed by atoms with Crippen LogP contribution in [0.2, 0.25) is 0 Å². The molecule has 1 aliphatic heterocycles. The third-order valence-corrected chi connectivity index (χ3v) is 7.14. The number of aromatic amines is 1. The van der Waals surface area contributed by atoms with Crippen LogP contribution in [0.1, 0.15) is 58.8 Å². The zero-order valence-corrected chi connectivity index (χ0v) is 19.4. The topological polar surface area (TPSA) is 104 Å². The summed E-state index contributed by atoms with van der Waals surface area (Å²) in [4.78, 5) is 22.2. The van der Waals surface area contributed by atoms with Gasteiger partial charge in [0.05, 0.1) is 17.9 Å². The van der Waals surface area contributed by atoms with Crippen molar-refractivity contribution >= 4 is 22.6 Å². The van der Waals surface area contributed by atoms with Gasteiger partial charge in [0.15, 0.2) is 0 Å².